The summed E-state index contributed by atoms with van der Waals surface area (Å²) in [5.74, 6) is 0. The minimum Gasteiger partial charge on any atom is -0.347 e. The van der Waals surface area contributed by atoms with E-state index in [2.05, 4.69) is 22.9 Å². The van der Waals surface area contributed by atoms with Gasteiger partial charge in [0, 0.05) is 30.0 Å². The van der Waals surface area contributed by atoms with Gasteiger partial charge < -0.3 is 10.6 Å². The van der Waals surface area contributed by atoms with Gasteiger partial charge in [-0.1, -0.05) is 30.7 Å². The van der Waals surface area contributed by atoms with Crippen LogP contribution in [0.1, 0.15) is 23.1 Å². The summed E-state index contributed by atoms with van der Waals surface area (Å²) in [6, 6.07) is 7.91. The Kier molecular flexibility index (Phi) is 4.80. The summed E-state index contributed by atoms with van der Waals surface area (Å²) in [5.41, 5.74) is 8.04. The Balaban J connectivity index is 2.15. The zero-order valence-corrected chi connectivity index (χ0v) is 12.8. The lowest BCUT2D eigenvalue weighted by molar-refractivity contribution is 0.900. The molecule has 0 aliphatic heterocycles. The molecule has 0 atom stereocenters. The SMILES string of the molecule is CCc1nc(N(C)Cc2cccc(Cl)c2)sc1CN. The highest BCUT2D eigenvalue weighted by Crippen LogP contribution is 2.27. The topological polar surface area (TPSA) is 42.2 Å². The summed E-state index contributed by atoms with van der Waals surface area (Å²) >= 11 is 7.67. The number of halogens is 1. The van der Waals surface area contributed by atoms with E-state index in [4.69, 9.17) is 17.3 Å². The van der Waals surface area contributed by atoms with Crippen LogP contribution in [0, 0.1) is 0 Å². The number of benzene rings is 1. The summed E-state index contributed by atoms with van der Waals surface area (Å²) in [6.07, 6.45) is 0.925. The molecular formula is C14H18ClN3S. The average Bonchev–Trinajstić information content (AvgIpc) is 2.82. The lowest BCUT2D eigenvalue weighted by Gasteiger charge is -2.15. The number of aromatic nitrogens is 1. The zero-order chi connectivity index (χ0) is 13.8. The van der Waals surface area contributed by atoms with E-state index in [-0.39, 0.29) is 0 Å². The molecule has 19 heavy (non-hydrogen) atoms. The molecule has 0 radical (unpaired) electrons. The molecule has 3 nitrogen and oxygen atoms in total. The number of rotatable bonds is 5. The van der Waals surface area contributed by atoms with Gasteiger partial charge in [-0.3, -0.25) is 0 Å². The predicted molar refractivity (Wildman–Crippen MR) is 82.9 cm³/mol. The highest BCUT2D eigenvalue weighted by atomic mass is 35.5. The van der Waals surface area contributed by atoms with E-state index in [0.717, 1.165) is 28.8 Å². The van der Waals surface area contributed by atoms with E-state index in [0.29, 0.717) is 6.54 Å². The van der Waals surface area contributed by atoms with Gasteiger partial charge in [-0.15, -0.1) is 11.3 Å². The molecule has 0 spiro atoms. The quantitative estimate of drug-likeness (QED) is 0.918. The molecule has 5 heteroatoms. The van der Waals surface area contributed by atoms with Gasteiger partial charge in [0.05, 0.1) is 5.69 Å². The van der Waals surface area contributed by atoms with Gasteiger partial charge in [-0.25, -0.2) is 4.98 Å². The van der Waals surface area contributed by atoms with Crippen LogP contribution >= 0.6 is 22.9 Å². The summed E-state index contributed by atoms with van der Waals surface area (Å²) in [7, 11) is 2.04. The molecule has 0 aliphatic carbocycles. The van der Waals surface area contributed by atoms with Crippen LogP contribution in [0.2, 0.25) is 5.02 Å². The number of anilines is 1. The fourth-order valence-electron chi connectivity index (χ4n) is 1.95. The van der Waals surface area contributed by atoms with Crippen LogP contribution in [0.4, 0.5) is 5.13 Å². The third-order valence-corrected chi connectivity index (χ3v) is 4.39. The molecule has 1 aromatic heterocycles. The van der Waals surface area contributed by atoms with Gasteiger partial charge in [0.15, 0.2) is 5.13 Å². The minimum absolute atomic E-state index is 0.561. The van der Waals surface area contributed by atoms with Gasteiger partial charge in [0.25, 0.3) is 0 Å². The van der Waals surface area contributed by atoms with E-state index in [1.165, 1.54) is 10.4 Å². The molecule has 0 amide bonds. The van der Waals surface area contributed by atoms with Crippen molar-refractivity contribution >= 4 is 28.1 Å². The van der Waals surface area contributed by atoms with Crippen molar-refractivity contribution in [1.82, 2.24) is 4.98 Å². The van der Waals surface area contributed by atoms with E-state index in [1.54, 1.807) is 11.3 Å². The first kappa shape index (κ1) is 14.3. The van der Waals surface area contributed by atoms with Crippen molar-refractivity contribution in [2.75, 3.05) is 11.9 Å². The molecule has 2 N–H and O–H groups in total. The van der Waals surface area contributed by atoms with E-state index < -0.39 is 0 Å². The molecule has 1 heterocycles. The van der Waals surface area contributed by atoms with E-state index >= 15 is 0 Å². The van der Waals surface area contributed by atoms with Crippen molar-refractivity contribution in [2.45, 2.75) is 26.4 Å². The minimum atomic E-state index is 0.561. The number of nitrogens with zero attached hydrogens (tertiary/aromatic N) is 2. The van der Waals surface area contributed by atoms with Crippen LogP contribution in [0.5, 0.6) is 0 Å². The molecule has 1 aromatic carbocycles. The lowest BCUT2D eigenvalue weighted by Crippen LogP contribution is -2.16. The van der Waals surface area contributed by atoms with Crippen molar-refractivity contribution in [3.63, 3.8) is 0 Å². The molecule has 0 bridgehead atoms. The molecule has 0 saturated carbocycles. The smallest absolute Gasteiger partial charge is 0.185 e. The monoisotopic (exact) mass is 295 g/mol. The van der Waals surface area contributed by atoms with Gasteiger partial charge in [0.2, 0.25) is 0 Å². The first-order valence-electron chi connectivity index (χ1n) is 6.28. The van der Waals surface area contributed by atoms with Gasteiger partial charge in [0.1, 0.15) is 0 Å². The highest BCUT2D eigenvalue weighted by Gasteiger charge is 2.12. The Morgan fingerprint density at radius 1 is 1.42 bits per heavy atom. The van der Waals surface area contributed by atoms with Crippen LogP contribution in [0.15, 0.2) is 24.3 Å². The molecule has 2 rings (SSSR count). The molecule has 0 unspecified atom stereocenters. The summed E-state index contributed by atoms with van der Waals surface area (Å²) in [4.78, 5) is 7.96. The zero-order valence-electron chi connectivity index (χ0n) is 11.2. The van der Waals surface area contributed by atoms with Crippen LogP contribution in [0.3, 0.4) is 0 Å². The van der Waals surface area contributed by atoms with Gasteiger partial charge in [-0.05, 0) is 24.1 Å². The van der Waals surface area contributed by atoms with Crippen molar-refractivity contribution < 1.29 is 0 Å². The molecule has 0 aliphatic rings. The van der Waals surface area contributed by atoms with E-state index in [1.807, 2.05) is 25.2 Å². The van der Waals surface area contributed by atoms with E-state index in [9.17, 15) is 0 Å². The standard InChI is InChI=1S/C14H18ClN3S/c1-3-12-13(8-16)19-14(17-12)18(2)9-10-5-4-6-11(15)7-10/h4-7H,3,8-9,16H2,1-2H3. The number of aryl methyl sites for hydroxylation is 1. The molecule has 2 aromatic rings. The van der Waals surface area contributed by atoms with Gasteiger partial charge in [-0.2, -0.15) is 0 Å². The normalized spacial score (nSPS) is 10.7. The third kappa shape index (κ3) is 3.47. The average molecular weight is 296 g/mol. The highest BCUT2D eigenvalue weighted by molar-refractivity contribution is 7.15. The second-order valence-electron chi connectivity index (χ2n) is 4.41. The first-order chi connectivity index (χ1) is 9.13. The Morgan fingerprint density at radius 3 is 2.79 bits per heavy atom. The second-order valence-corrected chi connectivity index (χ2v) is 5.91. The number of thiazole rings is 1. The van der Waals surface area contributed by atoms with Crippen LogP contribution in [-0.2, 0) is 19.5 Å². The lowest BCUT2D eigenvalue weighted by atomic mass is 10.2. The Labute approximate surface area is 123 Å². The van der Waals surface area contributed by atoms with Crippen LogP contribution in [0.25, 0.3) is 0 Å². The number of nitrogens with two attached hydrogens (primary N) is 1. The second kappa shape index (κ2) is 6.37. The fraction of sp³-hybridized carbons (Fsp3) is 0.357. The largest absolute Gasteiger partial charge is 0.347 e. The van der Waals surface area contributed by atoms with Crippen molar-refractivity contribution in [3.05, 3.63) is 45.4 Å². The van der Waals surface area contributed by atoms with Crippen molar-refractivity contribution in [2.24, 2.45) is 5.73 Å². The Morgan fingerprint density at radius 2 is 2.21 bits per heavy atom. The number of hydrogen-bond acceptors (Lipinski definition) is 4. The van der Waals surface area contributed by atoms with Crippen molar-refractivity contribution in [3.8, 4) is 0 Å². The molecular weight excluding hydrogens is 278 g/mol. The summed E-state index contributed by atoms with van der Waals surface area (Å²) in [5, 5.41) is 1.78. The maximum Gasteiger partial charge on any atom is 0.185 e. The summed E-state index contributed by atoms with van der Waals surface area (Å²) in [6.45, 7) is 3.46. The third-order valence-electron chi connectivity index (χ3n) is 2.92. The Bertz CT molecular complexity index is 532. The van der Waals surface area contributed by atoms with Crippen molar-refractivity contribution in [1.29, 1.82) is 0 Å². The van der Waals surface area contributed by atoms with Crippen LogP contribution in [-0.4, -0.2) is 12.0 Å². The fourth-order valence-corrected chi connectivity index (χ4v) is 3.15. The maximum atomic E-state index is 6.00. The Hall–Kier alpha value is -1.10. The van der Waals surface area contributed by atoms with Gasteiger partial charge >= 0.3 is 0 Å². The molecule has 0 saturated heterocycles. The molecule has 102 valence electrons. The van der Waals surface area contributed by atoms with Crippen LogP contribution < -0.4 is 10.6 Å². The maximum absolute atomic E-state index is 6.00. The first-order valence-corrected chi connectivity index (χ1v) is 7.47. The predicted octanol–water partition coefficient (Wildman–Crippen LogP) is 3.45. The molecule has 0 fully saturated rings. The number of hydrogen-bond donors (Lipinski definition) is 1. The summed E-state index contributed by atoms with van der Waals surface area (Å²) < 4.78 is 0.